The highest BCUT2D eigenvalue weighted by Gasteiger charge is 2.29. The van der Waals surface area contributed by atoms with Gasteiger partial charge in [0.2, 0.25) is 5.91 Å². The zero-order valence-corrected chi connectivity index (χ0v) is 14.2. The summed E-state index contributed by atoms with van der Waals surface area (Å²) < 4.78 is 0. The molecule has 2 rings (SSSR count). The molecule has 0 bridgehead atoms. The Kier molecular flexibility index (Phi) is 5.88. The van der Waals surface area contributed by atoms with Crippen molar-refractivity contribution in [3.05, 3.63) is 34.9 Å². The molecule has 1 heterocycles. The normalized spacial score (nSPS) is 18.3. The first-order valence-corrected chi connectivity index (χ1v) is 8.30. The maximum atomic E-state index is 12.5. The van der Waals surface area contributed by atoms with Crippen molar-refractivity contribution in [1.82, 2.24) is 10.2 Å². The molecule has 2 atom stereocenters. The molecule has 1 aromatic rings. The Morgan fingerprint density at radius 2 is 1.78 bits per heavy atom. The van der Waals surface area contributed by atoms with Gasteiger partial charge in [0.1, 0.15) is 0 Å². The maximum absolute atomic E-state index is 12.5. The number of piperidine rings is 1. The number of halogens is 1. The lowest BCUT2D eigenvalue weighted by atomic mass is 9.88. The first kappa shape index (κ1) is 17.6. The van der Waals surface area contributed by atoms with E-state index in [2.05, 4.69) is 5.32 Å². The van der Waals surface area contributed by atoms with Crippen LogP contribution in [0.4, 0.5) is 4.79 Å². The van der Waals surface area contributed by atoms with Gasteiger partial charge in [0, 0.05) is 24.2 Å². The fourth-order valence-electron chi connectivity index (χ4n) is 2.99. The minimum Gasteiger partial charge on any atom is -0.465 e. The summed E-state index contributed by atoms with van der Waals surface area (Å²) in [6.07, 6.45) is 0.736. The van der Waals surface area contributed by atoms with Gasteiger partial charge in [-0.25, -0.2) is 4.79 Å². The number of hydrogen-bond acceptors (Lipinski definition) is 2. The smallest absolute Gasteiger partial charge is 0.404 e. The van der Waals surface area contributed by atoms with E-state index in [1.165, 1.54) is 5.56 Å². The molecule has 23 heavy (non-hydrogen) atoms. The summed E-state index contributed by atoms with van der Waals surface area (Å²) in [6, 6.07) is 7.50. The molecule has 2 N–H and O–H groups in total. The summed E-state index contributed by atoms with van der Waals surface area (Å²) in [6.45, 7) is 4.90. The molecule has 1 aromatic carbocycles. The monoisotopic (exact) mass is 338 g/mol. The minimum absolute atomic E-state index is 0.0146. The molecule has 1 fully saturated rings. The second kappa shape index (κ2) is 7.68. The van der Waals surface area contributed by atoms with E-state index in [0.29, 0.717) is 19.0 Å². The lowest BCUT2D eigenvalue weighted by Crippen LogP contribution is -2.47. The van der Waals surface area contributed by atoms with Crippen molar-refractivity contribution in [1.29, 1.82) is 0 Å². The summed E-state index contributed by atoms with van der Waals surface area (Å²) in [5.74, 6) is 0.0974. The molecule has 0 radical (unpaired) electrons. The third-order valence-corrected chi connectivity index (χ3v) is 4.89. The van der Waals surface area contributed by atoms with Gasteiger partial charge >= 0.3 is 6.09 Å². The molecule has 2 amide bonds. The van der Waals surface area contributed by atoms with Crippen molar-refractivity contribution < 1.29 is 14.7 Å². The van der Waals surface area contributed by atoms with Crippen LogP contribution in [0, 0.1) is 5.92 Å². The van der Waals surface area contributed by atoms with E-state index in [1.807, 2.05) is 29.2 Å². The standard InChI is InChI=1S/C17H23ClN2O3/c1-11(12(2)19-17(22)23)16(21)20-9-7-14(8-10-20)13-3-5-15(18)6-4-13/h3-6,11-12,14,19H,7-10H2,1-2H3,(H,22,23)/t11-,12?/m0/s1. The molecule has 6 heteroatoms. The fourth-order valence-corrected chi connectivity index (χ4v) is 3.12. The number of nitrogens with zero attached hydrogens (tertiary/aromatic N) is 1. The zero-order valence-electron chi connectivity index (χ0n) is 13.5. The third kappa shape index (κ3) is 4.61. The van der Waals surface area contributed by atoms with Crippen LogP contribution in [-0.4, -0.2) is 41.1 Å². The molecule has 126 valence electrons. The maximum Gasteiger partial charge on any atom is 0.404 e. The predicted molar refractivity (Wildman–Crippen MR) is 89.8 cm³/mol. The number of hydrogen-bond donors (Lipinski definition) is 2. The number of carboxylic acid groups (broad SMARTS) is 1. The highest BCUT2D eigenvalue weighted by atomic mass is 35.5. The Bertz CT molecular complexity index is 553. The Morgan fingerprint density at radius 1 is 1.22 bits per heavy atom. The number of carbonyl (C=O) groups is 2. The van der Waals surface area contributed by atoms with E-state index in [-0.39, 0.29) is 11.8 Å². The summed E-state index contributed by atoms with van der Waals surface area (Å²) in [5, 5.41) is 11.9. The van der Waals surface area contributed by atoms with E-state index in [9.17, 15) is 9.59 Å². The Labute approximate surface area is 141 Å². The van der Waals surface area contributed by atoms with Gasteiger partial charge in [-0.15, -0.1) is 0 Å². The van der Waals surface area contributed by atoms with Crippen molar-refractivity contribution in [2.45, 2.75) is 38.6 Å². The highest BCUT2D eigenvalue weighted by molar-refractivity contribution is 6.30. The van der Waals surface area contributed by atoms with Gasteiger partial charge in [0.05, 0.1) is 5.92 Å². The molecular weight excluding hydrogens is 316 g/mol. The largest absolute Gasteiger partial charge is 0.465 e. The predicted octanol–water partition coefficient (Wildman–Crippen LogP) is 3.34. The van der Waals surface area contributed by atoms with Crippen LogP contribution in [0.5, 0.6) is 0 Å². The van der Waals surface area contributed by atoms with Crippen molar-refractivity contribution in [3.63, 3.8) is 0 Å². The zero-order chi connectivity index (χ0) is 17.0. The van der Waals surface area contributed by atoms with Gasteiger partial charge in [-0.1, -0.05) is 30.7 Å². The van der Waals surface area contributed by atoms with Crippen molar-refractivity contribution >= 4 is 23.6 Å². The van der Waals surface area contributed by atoms with Crippen LogP contribution in [0.3, 0.4) is 0 Å². The van der Waals surface area contributed by atoms with Crippen LogP contribution in [0.1, 0.15) is 38.2 Å². The number of benzene rings is 1. The van der Waals surface area contributed by atoms with Crippen LogP contribution in [0.25, 0.3) is 0 Å². The van der Waals surface area contributed by atoms with Crippen LogP contribution >= 0.6 is 11.6 Å². The van der Waals surface area contributed by atoms with E-state index in [0.717, 1.165) is 17.9 Å². The molecule has 0 spiro atoms. The van der Waals surface area contributed by atoms with Gasteiger partial charge in [-0.2, -0.15) is 0 Å². The number of carbonyl (C=O) groups excluding carboxylic acids is 1. The van der Waals surface area contributed by atoms with Crippen LogP contribution in [-0.2, 0) is 4.79 Å². The average Bonchev–Trinajstić information content (AvgIpc) is 2.53. The van der Waals surface area contributed by atoms with Gasteiger partial charge in [0.25, 0.3) is 0 Å². The molecule has 5 nitrogen and oxygen atoms in total. The summed E-state index contributed by atoms with van der Waals surface area (Å²) in [4.78, 5) is 25.0. The lowest BCUT2D eigenvalue weighted by Gasteiger charge is -2.35. The summed E-state index contributed by atoms with van der Waals surface area (Å²) in [7, 11) is 0. The lowest BCUT2D eigenvalue weighted by molar-refractivity contribution is -0.136. The molecule has 0 aliphatic carbocycles. The van der Waals surface area contributed by atoms with Crippen LogP contribution < -0.4 is 5.32 Å². The average molecular weight is 339 g/mol. The topological polar surface area (TPSA) is 69.6 Å². The molecule has 1 unspecified atom stereocenters. The second-order valence-corrected chi connectivity index (χ2v) is 6.61. The van der Waals surface area contributed by atoms with Crippen molar-refractivity contribution in [2.24, 2.45) is 5.92 Å². The molecule has 1 aliphatic rings. The van der Waals surface area contributed by atoms with E-state index in [1.54, 1.807) is 13.8 Å². The van der Waals surface area contributed by atoms with Gasteiger partial charge in [-0.05, 0) is 43.4 Å². The van der Waals surface area contributed by atoms with Crippen molar-refractivity contribution in [2.75, 3.05) is 13.1 Å². The molecule has 0 saturated carbocycles. The Morgan fingerprint density at radius 3 is 2.30 bits per heavy atom. The first-order chi connectivity index (χ1) is 10.9. The van der Waals surface area contributed by atoms with E-state index >= 15 is 0 Å². The Hall–Kier alpha value is -1.75. The third-order valence-electron chi connectivity index (χ3n) is 4.64. The molecule has 1 aliphatic heterocycles. The SMILES string of the molecule is CC(NC(=O)O)[C@H](C)C(=O)N1CCC(c2ccc(Cl)cc2)CC1. The van der Waals surface area contributed by atoms with Gasteiger partial charge < -0.3 is 15.3 Å². The quantitative estimate of drug-likeness (QED) is 0.884. The first-order valence-electron chi connectivity index (χ1n) is 7.92. The van der Waals surface area contributed by atoms with E-state index < -0.39 is 12.1 Å². The van der Waals surface area contributed by atoms with E-state index in [4.69, 9.17) is 16.7 Å². The molecular formula is C17H23ClN2O3. The fraction of sp³-hybridized carbons (Fsp3) is 0.529. The van der Waals surface area contributed by atoms with Gasteiger partial charge in [0.15, 0.2) is 0 Å². The minimum atomic E-state index is -1.10. The highest BCUT2D eigenvalue weighted by Crippen LogP contribution is 2.29. The summed E-state index contributed by atoms with van der Waals surface area (Å²) in [5.41, 5.74) is 1.26. The van der Waals surface area contributed by atoms with Crippen LogP contribution in [0.2, 0.25) is 5.02 Å². The van der Waals surface area contributed by atoms with Crippen molar-refractivity contribution in [3.8, 4) is 0 Å². The summed E-state index contributed by atoms with van der Waals surface area (Å²) >= 11 is 5.92. The van der Waals surface area contributed by atoms with Gasteiger partial charge in [-0.3, -0.25) is 4.79 Å². The molecule has 1 saturated heterocycles. The van der Waals surface area contributed by atoms with Crippen LogP contribution in [0.15, 0.2) is 24.3 Å². The second-order valence-electron chi connectivity index (χ2n) is 6.18. The number of rotatable bonds is 4. The Balaban J connectivity index is 1.89. The number of likely N-dealkylation sites (tertiary alicyclic amines) is 1. The number of amides is 2. The number of nitrogens with one attached hydrogen (secondary N) is 1. The molecule has 0 aromatic heterocycles.